The fourth-order valence-corrected chi connectivity index (χ4v) is 5.23. The summed E-state index contributed by atoms with van der Waals surface area (Å²) in [5.74, 6) is -5.67. The molecule has 0 spiro atoms. The predicted octanol–water partition coefficient (Wildman–Crippen LogP) is 4.17. The molecule has 1 aliphatic carbocycles. The van der Waals surface area contributed by atoms with Crippen LogP contribution in [0.25, 0.3) is 0 Å². The highest BCUT2D eigenvalue weighted by molar-refractivity contribution is 7.91. The molecule has 1 aromatic heterocycles. The van der Waals surface area contributed by atoms with Crippen LogP contribution in [0.3, 0.4) is 0 Å². The Hall–Kier alpha value is -3.34. The molecule has 2 aromatic carbocycles. The van der Waals surface area contributed by atoms with Gasteiger partial charge in [0.25, 0.3) is 11.8 Å². The summed E-state index contributed by atoms with van der Waals surface area (Å²) in [6.07, 6.45) is 1.49. The van der Waals surface area contributed by atoms with Crippen LogP contribution < -0.4 is 5.32 Å². The molecule has 1 aliphatic rings. The third-order valence-electron chi connectivity index (χ3n) is 5.78. The summed E-state index contributed by atoms with van der Waals surface area (Å²) >= 11 is 0. The molecule has 3 aromatic rings. The molecule has 0 bridgehead atoms. The number of hydrogen-bond donors (Lipinski definition) is 1. The van der Waals surface area contributed by atoms with E-state index in [-0.39, 0.29) is 22.9 Å². The highest BCUT2D eigenvalue weighted by Gasteiger charge is 2.37. The normalized spacial score (nSPS) is 14.1. The molecule has 184 valence electrons. The Bertz CT molecular complexity index is 1420. The van der Waals surface area contributed by atoms with Crippen LogP contribution in [0.4, 0.5) is 13.2 Å². The molecule has 1 fully saturated rings. The number of aryl methyl sites for hydroxylation is 3. The maximum atomic E-state index is 15.1. The van der Waals surface area contributed by atoms with Crippen molar-refractivity contribution < 1.29 is 26.4 Å². The van der Waals surface area contributed by atoms with Crippen molar-refractivity contribution in [1.29, 1.82) is 0 Å². The van der Waals surface area contributed by atoms with Crippen LogP contribution in [0, 0.1) is 26.6 Å². The third kappa shape index (κ3) is 4.90. The summed E-state index contributed by atoms with van der Waals surface area (Å²) in [4.78, 5) is 16.0. The van der Waals surface area contributed by atoms with E-state index < -0.39 is 49.6 Å². The van der Waals surface area contributed by atoms with Gasteiger partial charge < -0.3 is 5.32 Å². The van der Waals surface area contributed by atoms with Gasteiger partial charge in [0, 0.05) is 5.56 Å². The van der Waals surface area contributed by atoms with Crippen LogP contribution in [0.5, 0.6) is 0 Å². The highest BCUT2D eigenvalue weighted by atomic mass is 32.2. The van der Waals surface area contributed by atoms with Gasteiger partial charge in [0.05, 0.1) is 6.54 Å². The quantitative estimate of drug-likeness (QED) is 0.518. The Balaban J connectivity index is 1.66. The van der Waals surface area contributed by atoms with Crippen LogP contribution in [0.2, 0.25) is 0 Å². The molecule has 35 heavy (non-hydrogen) atoms. The Kier molecular flexibility index (Phi) is 6.39. The van der Waals surface area contributed by atoms with Gasteiger partial charge in [0.2, 0.25) is 14.9 Å². The number of halogens is 3. The molecule has 4 rings (SSSR count). The van der Waals surface area contributed by atoms with E-state index in [4.69, 9.17) is 0 Å². The summed E-state index contributed by atoms with van der Waals surface area (Å²) < 4.78 is 71.3. The number of alkyl halides is 2. The first-order chi connectivity index (χ1) is 16.4. The summed E-state index contributed by atoms with van der Waals surface area (Å²) in [6.45, 7) is 3.56. The molecule has 1 amide bonds. The second-order valence-corrected chi connectivity index (χ2v) is 10.5. The predicted molar refractivity (Wildman–Crippen MR) is 121 cm³/mol. The zero-order valence-corrected chi connectivity index (χ0v) is 20.1. The first-order valence-electron chi connectivity index (χ1n) is 10.9. The minimum absolute atomic E-state index is 0.0533. The number of sulfone groups is 1. The number of amides is 1. The number of carbonyl (C=O) groups excluding carboxylic acids is 1. The summed E-state index contributed by atoms with van der Waals surface area (Å²) in [6, 6.07) is 8.38. The van der Waals surface area contributed by atoms with Crippen molar-refractivity contribution >= 4 is 15.7 Å². The Morgan fingerprint density at radius 3 is 2.49 bits per heavy atom. The van der Waals surface area contributed by atoms with Gasteiger partial charge in [-0.25, -0.2) is 17.8 Å². The van der Waals surface area contributed by atoms with E-state index in [2.05, 4.69) is 15.2 Å². The summed E-state index contributed by atoms with van der Waals surface area (Å²) in [5, 5.41) is 8.34. The topological polar surface area (TPSA) is 102 Å². The third-order valence-corrected chi connectivity index (χ3v) is 7.46. The van der Waals surface area contributed by atoms with Crippen molar-refractivity contribution in [2.75, 3.05) is 6.54 Å². The van der Waals surface area contributed by atoms with Gasteiger partial charge in [-0.3, -0.25) is 4.79 Å². The lowest BCUT2D eigenvalue weighted by atomic mass is 10.0. The molecular weight excluding hydrogens is 481 g/mol. The lowest BCUT2D eigenvalue weighted by molar-refractivity contribution is -0.00316. The minimum Gasteiger partial charge on any atom is -0.344 e. The van der Waals surface area contributed by atoms with Crippen LogP contribution in [0.1, 0.15) is 57.3 Å². The van der Waals surface area contributed by atoms with Gasteiger partial charge in [-0.05, 0) is 56.7 Å². The molecule has 0 unspecified atom stereocenters. The lowest BCUT2D eigenvalue weighted by Crippen LogP contribution is -2.37. The van der Waals surface area contributed by atoms with Crippen molar-refractivity contribution in [2.45, 2.75) is 55.4 Å². The van der Waals surface area contributed by atoms with Crippen molar-refractivity contribution in [1.82, 2.24) is 20.5 Å². The number of aromatic nitrogens is 3. The standard InChI is InChI=1S/C24H23F3N4O3S/c1-13-7-10-18(14(2)11-13)24(26,27)12-28-22(32)21-23(31-30-15(3)29-21)35(33,34)19-6-4-5-17(20(19)25)16-8-9-16/h4-7,10-11,16H,8-9,12H2,1-3H3,(H,28,32). The van der Waals surface area contributed by atoms with E-state index in [1.165, 1.54) is 38.1 Å². The Morgan fingerprint density at radius 2 is 1.83 bits per heavy atom. The molecule has 11 heteroatoms. The molecule has 1 saturated carbocycles. The van der Waals surface area contributed by atoms with Gasteiger partial charge in [-0.2, -0.15) is 8.78 Å². The van der Waals surface area contributed by atoms with Crippen LogP contribution in [-0.2, 0) is 15.8 Å². The van der Waals surface area contributed by atoms with E-state index in [0.717, 1.165) is 24.5 Å². The number of rotatable bonds is 7. The molecule has 1 heterocycles. The number of nitrogens with one attached hydrogen (secondary N) is 1. The maximum absolute atomic E-state index is 15.1. The molecule has 0 radical (unpaired) electrons. The Labute approximate surface area is 200 Å². The summed E-state index contributed by atoms with van der Waals surface area (Å²) in [5.41, 5.74) is 0.412. The van der Waals surface area contributed by atoms with E-state index in [0.29, 0.717) is 5.56 Å². The van der Waals surface area contributed by atoms with Crippen molar-refractivity contribution in [3.05, 3.63) is 76.0 Å². The van der Waals surface area contributed by atoms with E-state index in [1.807, 2.05) is 5.32 Å². The molecular formula is C24H23F3N4O3S. The number of hydrogen-bond acceptors (Lipinski definition) is 6. The summed E-state index contributed by atoms with van der Waals surface area (Å²) in [7, 11) is -4.67. The first kappa shape index (κ1) is 24.8. The second kappa shape index (κ2) is 9.03. The minimum atomic E-state index is -4.67. The zero-order valence-electron chi connectivity index (χ0n) is 19.3. The second-order valence-electron chi connectivity index (χ2n) is 8.66. The van der Waals surface area contributed by atoms with Gasteiger partial charge >= 0.3 is 0 Å². The molecule has 7 nitrogen and oxygen atoms in total. The molecule has 0 atom stereocenters. The van der Waals surface area contributed by atoms with Crippen molar-refractivity contribution in [2.24, 2.45) is 0 Å². The van der Waals surface area contributed by atoms with Gasteiger partial charge in [0.1, 0.15) is 16.5 Å². The first-order valence-corrected chi connectivity index (χ1v) is 12.4. The SMILES string of the molecule is Cc1ccc(C(F)(F)CNC(=O)c2nc(C)nnc2S(=O)(=O)c2cccc(C3CC3)c2F)c(C)c1. The average Bonchev–Trinajstić information content (AvgIpc) is 3.62. The van der Waals surface area contributed by atoms with E-state index >= 15 is 4.39 Å². The number of benzene rings is 2. The van der Waals surface area contributed by atoms with Gasteiger partial charge in [0.15, 0.2) is 5.69 Å². The van der Waals surface area contributed by atoms with Crippen LogP contribution >= 0.6 is 0 Å². The van der Waals surface area contributed by atoms with Crippen molar-refractivity contribution in [3.8, 4) is 0 Å². The van der Waals surface area contributed by atoms with E-state index in [9.17, 15) is 22.0 Å². The molecule has 0 saturated heterocycles. The van der Waals surface area contributed by atoms with Gasteiger partial charge in [-0.1, -0.05) is 35.9 Å². The fraction of sp³-hybridized carbons (Fsp3) is 0.333. The zero-order chi connectivity index (χ0) is 25.5. The van der Waals surface area contributed by atoms with E-state index in [1.54, 1.807) is 13.0 Å². The fourth-order valence-electron chi connectivity index (χ4n) is 3.87. The van der Waals surface area contributed by atoms with Crippen molar-refractivity contribution in [3.63, 3.8) is 0 Å². The maximum Gasteiger partial charge on any atom is 0.290 e. The smallest absolute Gasteiger partial charge is 0.290 e. The number of carbonyl (C=O) groups is 1. The molecule has 0 aliphatic heterocycles. The van der Waals surface area contributed by atoms with Crippen LogP contribution in [-0.4, -0.2) is 36.1 Å². The highest BCUT2D eigenvalue weighted by Crippen LogP contribution is 2.42. The monoisotopic (exact) mass is 504 g/mol. The lowest BCUT2D eigenvalue weighted by Gasteiger charge is -2.20. The Morgan fingerprint density at radius 1 is 1.11 bits per heavy atom. The number of nitrogens with zero attached hydrogens (tertiary/aromatic N) is 3. The average molecular weight is 505 g/mol. The molecule has 1 N–H and O–H groups in total. The van der Waals surface area contributed by atoms with Gasteiger partial charge in [-0.15, -0.1) is 10.2 Å². The largest absolute Gasteiger partial charge is 0.344 e. The van der Waals surface area contributed by atoms with Crippen LogP contribution in [0.15, 0.2) is 46.3 Å².